The van der Waals surface area contributed by atoms with E-state index in [1.165, 1.54) is 25.1 Å². The van der Waals surface area contributed by atoms with Crippen LogP contribution in [0.4, 0.5) is 13.2 Å². The van der Waals surface area contributed by atoms with Gasteiger partial charge in [-0.1, -0.05) is 34.1 Å². The first kappa shape index (κ1) is 15.6. The molecule has 0 aliphatic rings. The van der Waals surface area contributed by atoms with Crippen LogP contribution in [0.2, 0.25) is 0 Å². The van der Waals surface area contributed by atoms with E-state index in [0.29, 0.717) is 16.6 Å². The van der Waals surface area contributed by atoms with Crippen LogP contribution in [-0.2, 0) is 4.79 Å². The number of hydrogen-bond acceptors (Lipinski definition) is 2. The molecule has 0 radical (unpaired) electrons. The minimum atomic E-state index is -4.71. The highest BCUT2D eigenvalue weighted by Crippen LogP contribution is 2.28. The number of halogens is 4. The fourth-order valence-electron chi connectivity index (χ4n) is 1.23. The van der Waals surface area contributed by atoms with Crippen LogP contribution in [0.5, 0.6) is 5.75 Å². The molecule has 1 amide bonds. The number of rotatable bonds is 4. The molecule has 0 saturated carbocycles. The van der Waals surface area contributed by atoms with Crippen molar-refractivity contribution in [3.05, 3.63) is 34.3 Å². The lowest BCUT2D eigenvalue weighted by atomic mass is 10.2. The summed E-state index contributed by atoms with van der Waals surface area (Å²) >= 11 is 3.15. The highest BCUT2D eigenvalue weighted by molar-refractivity contribution is 9.10. The Labute approximate surface area is 116 Å². The Kier molecular flexibility index (Phi) is 5.41. The maximum atomic E-state index is 12.0. The number of alkyl halides is 3. The molecule has 0 unspecified atom stereocenters. The van der Waals surface area contributed by atoms with Crippen LogP contribution >= 0.6 is 15.9 Å². The Hall–Kier alpha value is -1.50. The van der Waals surface area contributed by atoms with Crippen LogP contribution in [0.15, 0.2) is 28.7 Å². The van der Waals surface area contributed by atoms with Gasteiger partial charge in [0.1, 0.15) is 5.75 Å². The van der Waals surface area contributed by atoms with Gasteiger partial charge in [-0.05, 0) is 17.7 Å². The van der Waals surface area contributed by atoms with E-state index in [1.54, 1.807) is 12.2 Å². The Morgan fingerprint density at radius 3 is 2.68 bits per heavy atom. The molecule has 3 nitrogen and oxygen atoms in total. The lowest BCUT2D eigenvalue weighted by Crippen LogP contribution is -2.19. The molecule has 1 aromatic carbocycles. The molecule has 1 rings (SSSR count). The molecule has 1 aromatic rings. The first-order valence-electron chi connectivity index (χ1n) is 5.24. The normalized spacial score (nSPS) is 11.6. The van der Waals surface area contributed by atoms with Crippen LogP contribution in [0, 0.1) is 0 Å². The van der Waals surface area contributed by atoms with E-state index in [4.69, 9.17) is 0 Å². The van der Waals surface area contributed by atoms with Crippen molar-refractivity contribution in [1.82, 2.24) is 5.32 Å². The van der Waals surface area contributed by atoms with E-state index in [1.807, 2.05) is 0 Å². The topological polar surface area (TPSA) is 38.3 Å². The van der Waals surface area contributed by atoms with Gasteiger partial charge in [-0.15, -0.1) is 13.2 Å². The third-order valence-electron chi connectivity index (χ3n) is 1.97. The molecular weight excluding hydrogens is 327 g/mol. The average Bonchev–Trinajstić information content (AvgIpc) is 2.24. The zero-order chi connectivity index (χ0) is 14.5. The number of nitrogens with one attached hydrogen (secondary N) is 1. The molecular formula is C12H11BrF3NO2. The van der Waals surface area contributed by atoms with Crippen molar-refractivity contribution < 1.29 is 22.7 Å². The van der Waals surface area contributed by atoms with Gasteiger partial charge in [0.25, 0.3) is 0 Å². The van der Waals surface area contributed by atoms with Gasteiger partial charge in [0.2, 0.25) is 5.91 Å². The number of carbonyl (C=O) groups excluding carboxylic acids is 1. The minimum Gasteiger partial charge on any atom is -0.406 e. The lowest BCUT2D eigenvalue weighted by molar-refractivity contribution is -0.274. The van der Waals surface area contributed by atoms with Crippen molar-refractivity contribution in [2.75, 3.05) is 6.54 Å². The third-order valence-corrected chi connectivity index (χ3v) is 2.66. The third kappa shape index (κ3) is 6.28. The summed E-state index contributed by atoms with van der Waals surface area (Å²) in [4.78, 5) is 10.6. The summed E-state index contributed by atoms with van der Waals surface area (Å²) in [5, 5.41) is 2.56. The van der Waals surface area contributed by atoms with Crippen molar-refractivity contribution >= 4 is 27.9 Å². The molecule has 0 heterocycles. The number of hydrogen-bond donors (Lipinski definition) is 1. The SMILES string of the molecule is CC(=O)NCC=Cc1ccc(OC(F)(F)F)cc1Br. The maximum Gasteiger partial charge on any atom is 0.573 e. The summed E-state index contributed by atoms with van der Waals surface area (Å²) in [7, 11) is 0. The fourth-order valence-corrected chi connectivity index (χ4v) is 1.72. The molecule has 1 N–H and O–H groups in total. The van der Waals surface area contributed by atoms with Crippen molar-refractivity contribution in [3.63, 3.8) is 0 Å². The second kappa shape index (κ2) is 6.60. The predicted octanol–water partition coefficient (Wildman–Crippen LogP) is 3.50. The molecule has 0 fully saturated rings. The lowest BCUT2D eigenvalue weighted by Gasteiger charge is -2.09. The molecule has 19 heavy (non-hydrogen) atoms. The number of benzene rings is 1. The summed E-state index contributed by atoms with van der Waals surface area (Å²) in [5.41, 5.74) is 0.680. The molecule has 7 heteroatoms. The summed E-state index contributed by atoms with van der Waals surface area (Å²) < 4.78 is 40.3. The second-order valence-corrected chi connectivity index (χ2v) is 4.42. The fraction of sp³-hybridized carbons (Fsp3) is 0.250. The smallest absolute Gasteiger partial charge is 0.406 e. The van der Waals surface area contributed by atoms with Crippen molar-refractivity contribution in [2.45, 2.75) is 13.3 Å². The molecule has 0 aliphatic carbocycles. The zero-order valence-corrected chi connectivity index (χ0v) is 11.5. The molecule has 0 spiro atoms. The van der Waals surface area contributed by atoms with Gasteiger partial charge in [0.15, 0.2) is 0 Å². The molecule has 0 atom stereocenters. The molecule has 104 valence electrons. The quantitative estimate of drug-likeness (QED) is 0.913. The van der Waals surface area contributed by atoms with Crippen LogP contribution in [0.3, 0.4) is 0 Å². The molecule has 0 aliphatic heterocycles. The summed E-state index contributed by atoms with van der Waals surface area (Å²) in [5.74, 6) is -0.448. The average molecular weight is 338 g/mol. The minimum absolute atomic E-state index is 0.155. The number of carbonyl (C=O) groups is 1. The number of ether oxygens (including phenoxy) is 1. The van der Waals surface area contributed by atoms with Crippen LogP contribution in [0.25, 0.3) is 6.08 Å². The van der Waals surface area contributed by atoms with E-state index in [2.05, 4.69) is 26.0 Å². The van der Waals surface area contributed by atoms with Gasteiger partial charge in [0.05, 0.1) is 0 Å². The second-order valence-electron chi connectivity index (χ2n) is 3.57. The van der Waals surface area contributed by atoms with E-state index in [-0.39, 0.29) is 11.7 Å². The summed E-state index contributed by atoms with van der Waals surface area (Å²) in [6.07, 6.45) is -1.34. The van der Waals surface area contributed by atoms with Crippen molar-refractivity contribution in [3.8, 4) is 5.75 Å². The Morgan fingerprint density at radius 1 is 1.47 bits per heavy atom. The van der Waals surface area contributed by atoms with E-state index >= 15 is 0 Å². The number of amides is 1. The van der Waals surface area contributed by atoms with Crippen LogP contribution in [-0.4, -0.2) is 18.8 Å². The van der Waals surface area contributed by atoms with E-state index in [9.17, 15) is 18.0 Å². The largest absolute Gasteiger partial charge is 0.573 e. The monoisotopic (exact) mass is 337 g/mol. The van der Waals surface area contributed by atoms with Gasteiger partial charge in [-0.2, -0.15) is 0 Å². The molecule has 0 bridgehead atoms. The van der Waals surface area contributed by atoms with Gasteiger partial charge >= 0.3 is 6.36 Å². The highest BCUT2D eigenvalue weighted by atomic mass is 79.9. The van der Waals surface area contributed by atoms with Crippen molar-refractivity contribution in [2.24, 2.45) is 0 Å². The van der Waals surface area contributed by atoms with Crippen LogP contribution in [0.1, 0.15) is 12.5 Å². The highest BCUT2D eigenvalue weighted by Gasteiger charge is 2.31. The van der Waals surface area contributed by atoms with Gasteiger partial charge in [-0.25, -0.2) is 0 Å². The molecule has 0 saturated heterocycles. The van der Waals surface area contributed by atoms with E-state index in [0.717, 1.165) is 0 Å². The Morgan fingerprint density at radius 2 is 2.16 bits per heavy atom. The molecule has 0 aromatic heterocycles. The summed E-state index contributed by atoms with van der Waals surface area (Å²) in [6.45, 7) is 1.75. The van der Waals surface area contributed by atoms with Gasteiger partial charge in [-0.3, -0.25) is 4.79 Å². The zero-order valence-electron chi connectivity index (χ0n) is 9.92. The standard InChI is InChI=1S/C12H11BrF3NO2/c1-8(18)17-6-2-3-9-4-5-10(7-11(9)13)19-12(14,15)16/h2-5,7H,6H2,1H3,(H,17,18). The van der Waals surface area contributed by atoms with Crippen LogP contribution < -0.4 is 10.1 Å². The Balaban J connectivity index is 2.69. The Bertz CT molecular complexity index is 486. The van der Waals surface area contributed by atoms with E-state index < -0.39 is 6.36 Å². The van der Waals surface area contributed by atoms with Gasteiger partial charge in [0, 0.05) is 17.9 Å². The first-order valence-corrected chi connectivity index (χ1v) is 6.03. The predicted molar refractivity (Wildman–Crippen MR) is 68.5 cm³/mol. The van der Waals surface area contributed by atoms with Crippen molar-refractivity contribution in [1.29, 1.82) is 0 Å². The summed E-state index contributed by atoms with van der Waals surface area (Å²) in [6, 6.07) is 3.93. The van der Waals surface area contributed by atoms with Gasteiger partial charge < -0.3 is 10.1 Å². The maximum absolute atomic E-state index is 12.0. The first-order chi connectivity index (χ1) is 8.78.